The number of alkyl halides is 4. The van der Waals surface area contributed by atoms with Crippen LogP contribution in [0.4, 0.5) is 22.0 Å². The summed E-state index contributed by atoms with van der Waals surface area (Å²) in [5.41, 5.74) is -0.182. The Balaban J connectivity index is 1.42. The molecule has 0 unspecified atom stereocenters. The summed E-state index contributed by atoms with van der Waals surface area (Å²) in [6.45, 7) is 2.09. The second-order valence-electron chi connectivity index (χ2n) is 13.5. The average Bonchev–Trinajstić information content (AvgIpc) is 3.89. The zero-order valence-corrected chi connectivity index (χ0v) is 27.5. The summed E-state index contributed by atoms with van der Waals surface area (Å²) in [5.74, 6) is -2.40. The van der Waals surface area contributed by atoms with Crippen LogP contribution in [0.25, 0.3) is 11.1 Å². The molecule has 1 aliphatic carbocycles. The number of nitrogens with one attached hydrogen (secondary N) is 1. The summed E-state index contributed by atoms with van der Waals surface area (Å²) in [6, 6.07) is 12.1. The quantitative estimate of drug-likeness (QED) is 0.199. The van der Waals surface area contributed by atoms with Gasteiger partial charge >= 0.3 is 12.1 Å². The van der Waals surface area contributed by atoms with E-state index in [1.165, 1.54) is 18.2 Å². The van der Waals surface area contributed by atoms with Crippen LogP contribution >= 0.6 is 0 Å². The number of halogens is 5. The molecule has 1 saturated carbocycles. The SMILES string of the molecule is Cc1cccc2c1-c1cc(C3CC3)c(F)c(c1)[C@@H](CC(=O)O)NC(=O)[C@H](n1cc(CCN3CC(F)C3)c(C(F)(F)F)cc1=O)c1cccc(c1)O2. The Labute approximate surface area is 289 Å². The van der Waals surface area contributed by atoms with Crippen LogP contribution in [0.3, 0.4) is 0 Å². The highest BCUT2D eigenvalue weighted by atomic mass is 19.4. The highest BCUT2D eigenvalue weighted by Gasteiger charge is 2.38. The van der Waals surface area contributed by atoms with Gasteiger partial charge in [-0.3, -0.25) is 23.9 Å². The van der Waals surface area contributed by atoms with E-state index in [1.54, 1.807) is 35.2 Å². The van der Waals surface area contributed by atoms with Gasteiger partial charge in [0.2, 0.25) is 5.91 Å². The van der Waals surface area contributed by atoms with E-state index in [2.05, 4.69) is 5.32 Å². The van der Waals surface area contributed by atoms with Crippen LogP contribution in [-0.4, -0.2) is 52.3 Å². The molecule has 13 heteroatoms. The second kappa shape index (κ2) is 13.3. The van der Waals surface area contributed by atoms with E-state index in [1.807, 2.05) is 13.0 Å². The van der Waals surface area contributed by atoms with E-state index in [4.69, 9.17) is 4.74 Å². The van der Waals surface area contributed by atoms with Gasteiger partial charge < -0.3 is 15.2 Å². The number of hydrogen-bond donors (Lipinski definition) is 2. The van der Waals surface area contributed by atoms with Gasteiger partial charge in [0, 0.05) is 43.0 Å². The molecule has 2 N–H and O–H groups in total. The number of carboxylic acid groups (broad SMARTS) is 1. The molecule has 7 rings (SSSR count). The number of fused-ring (bicyclic) bond motifs is 6. The molecular weight excluding hydrogens is 673 g/mol. The Morgan fingerprint density at radius 1 is 1.02 bits per heavy atom. The largest absolute Gasteiger partial charge is 0.481 e. The number of aromatic nitrogens is 1. The topological polar surface area (TPSA) is 101 Å². The summed E-state index contributed by atoms with van der Waals surface area (Å²) in [6.07, 6.45) is -4.45. The fraction of sp³-hybridized carbons (Fsp3) is 0.342. The molecule has 4 aromatic rings. The first-order valence-electron chi connectivity index (χ1n) is 16.7. The van der Waals surface area contributed by atoms with Crippen LogP contribution in [0.15, 0.2) is 71.7 Å². The Morgan fingerprint density at radius 2 is 1.75 bits per heavy atom. The van der Waals surface area contributed by atoms with E-state index in [9.17, 15) is 37.1 Å². The predicted octanol–water partition coefficient (Wildman–Crippen LogP) is 7.08. The van der Waals surface area contributed by atoms with Crippen molar-refractivity contribution in [1.29, 1.82) is 0 Å². The normalized spacial score (nSPS) is 19.5. The highest BCUT2D eigenvalue weighted by molar-refractivity contribution is 5.85. The molecule has 3 aliphatic rings. The van der Waals surface area contributed by atoms with Crippen molar-refractivity contribution in [2.45, 2.75) is 63.0 Å². The highest BCUT2D eigenvalue weighted by Crippen LogP contribution is 2.46. The van der Waals surface area contributed by atoms with E-state index in [0.717, 1.165) is 29.2 Å². The molecule has 2 atom stereocenters. The monoisotopic (exact) mass is 707 g/mol. The lowest BCUT2D eigenvalue weighted by Crippen LogP contribution is -2.49. The fourth-order valence-corrected chi connectivity index (χ4v) is 7.06. The number of rotatable bonds is 7. The number of carboxylic acids is 1. The van der Waals surface area contributed by atoms with Gasteiger partial charge in [-0.15, -0.1) is 0 Å². The number of carbonyl (C=O) groups excluding carboxylic acids is 1. The van der Waals surface area contributed by atoms with Crippen LogP contribution < -0.4 is 15.6 Å². The minimum atomic E-state index is -4.90. The van der Waals surface area contributed by atoms with E-state index >= 15 is 4.39 Å². The molecule has 266 valence electrons. The van der Waals surface area contributed by atoms with Crippen molar-refractivity contribution < 1.29 is 41.4 Å². The van der Waals surface area contributed by atoms with Crippen LogP contribution in [0.1, 0.15) is 70.6 Å². The number of amides is 1. The summed E-state index contributed by atoms with van der Waals surface area (Å²) >= 11 is 0. The summed E-state index contributed by atoms with van der Waals surface area (Å²) in [4.78, 5) is 41.9. The Morgan fingerprint density at radius 3 is 2.43 bits per heavy atom. The maximum Gasteiger partial charge on any atom is 0.416 e. The van der Waals surface area contributed by atoms with Crippen molar-refractivity contribution in [3.63, 3.8) is 0 Å². The number of hydrogen-bond acceptors (Lipinski definition) is 5. The smallest absolute Gasteiger partial charge is 0.416 e. The van der Waals surface area contributed by atoms with Gasteiger partial charge in [-0.2, -0.15) is 13.2 Å². The molecule has 3 heterocycles. The van der Waals surface area contributed by atoms with Crippen molar-refractivity contribution in [1.82, 2.24) is 14.8 Å². The number of pyridine rings is 1. The molecule has 2 aliphatic heterocycles. The third-order valence-corrected chi connectivity index (χ3v) is 9.75. The number of likely N-dealkylation sites (tertiary alicyclic amines) is 1. The number of nitrogens with zero attached hydrogens (tertiary/aromatic N) is 2. The predicted molar refractivity (Wildman–Crippen MR) is 177 cm³/mol. The van der Waals surface area contributed by atoms with E-state index in [-0.39, 0.29) is 54.4 Å². The van der Waals surface area contributed by atoms with Crippen molar-refractivity contribution in [3.8, 4) is 22.6 Å². The lowest BCUT2D eigenvalue weighted by atomic mass is 9.90. The average molecular weight is 708 g/mol. The lowest BCUT2D eigenvalue weighted by Gasteiger charge is -2.34. The molecule has 4 bridgehead atoms. The number of benzene rings is 3. The number of aliphatic carboxylic acids is 1. The molecule has 2 fully saturated rings. The van der Waals surface area contributed by atoms with Gasteiger partial charge in [0.05, 0.1) is 18.0 Å². The molecule has 51 heavy (non-hydrogen) atoms. The maximum absolute atomic E-state index is 16.4. The first-order chi connectivity index (χ1) is 24.3. The van der Waals surface area contributed by atoms with Crippen LogP contribution in [-0.2, 0) is 22.2 Å². The van der Waals surface area contributed by atoms with E-state index < -0.39 is 59.7 Å². The van der Waals surface area contributed by atoms with Crippen molar-refractivity contribution >= 4 is 11.9 Å². The van der Waals surface area contributed by atoms with Gasteiger partial charge in [0.1, 0.15) is 29.5 Å². The zero-order chi connectivity index (χ0) is 36.2. The molecule has 1 amide bonds. The molecule has 8 nitrogen and oxygen atoms in total. The maximum atomic E-state index is 16.4. The van der Waals surface area contributed by atoms with Gasteiger partial charge in [-0.05, 0) is 90.3 Å². The molecule has 0 radical (unpaired) electrons. The summed E-state index contributed by atoms with van der Waals surface area (Å²) in [7, 11) is 0. The molecular formula is C38H34F5N3O5. The molecule has 0 spiro atoms. The third kappa shape index (κ3) is 6.99. The number of aryl methyl sites for hydroxylation is 1. The third-order valence-electron chi connectivity index (χ3n) is 9.75. The van der Waals surface area contributed by atoms with Gasteiger partial charge in [0.25, 0.3) is 5.56 Å². The number of ether oxygens (including phenoxy) is 1. The summed E-state index contributed by atoms with van der Waals surface area (Å²) < 4.78 is 79.8. The number of carbonyl (C=O) groups is 2. The second-order valence-corrected chi connectivity index (χ2v) is 13.5. The minimum absolute atomic E-state index is 0.0760. The van der Waals surface area contributed by atoms with Gasteiger partial charge in [-0.1, -0.05) is 24.3 Å². The Kier molecular flexibility index (Phi) is 8.94. The molecule has 3 aromatic carbocycles. The van der Waals surface area contributed by atoms with Crippen LogP contribution in [0.2, 0.25) is 0 Å². The Hall–Kier alpha value is -5.04. The van der Waals surface area contributed by atoms with Crippen LogP contribution in [0.5, 0.6) is 11.5 Å². The lowest BCUT2D eigenvalue weighted by molar-refractivity contribution is -0.139. The van der Waals surface area contributed by atoms with Crippen LogP contribution in [0, 0.1) is 12.7 Å². The first kappa shape index (κ1) is 34.4. The minimum Gasteiger partial charge on any atom is -0.481 e. The van der Waals surface area contributed by atoms with Crippen molar-refractivity contribution in [3.05, 3.63) is 116 Å². The zero-order valence-electron chi connectivity index (χ0n) is 27.5. The van der Waals surface area contributed by atoms with Crippen molar-refractivity contribution in [2.24, 2.45) is 0 Å². The summed E-state index contributed by atoms with van der Waals surface area (Å²) in [5, 5.41) is 12.6. The molecule has 1 aromatic heterocycles. The first-order valence-corrected chi connectivity index (χ1v) is 16.7. The van der Waals surface area contributed by atoms with E-state index in [0.29, 0.717) is 28.5 Å². The Bertz CT molecular complexity index is 2090. The van der Waals surface area contributed by atoms with Crippen molar-refractivity contribution in [2.75, 3.05) is 19.6 Å². The fourth-order valence-electron chi connectivity index (χ4n) is 7.06. The van der Waals surface area contributed by atoms with Gasteiger partial charge in [0.15, 0.2) is 0 Å². The van der Waals surface area contributed by atoms with Gasteiger partial charge in [-0.25, -0.2) is 8.78 Å². The molecule has 1 saturated heterocycles. The standard InChI is InChI=1S/C38H34F5N3O5/c1-20-4-2-7-31-34(20)24-13-27(21-8-9-21)35(40)28(14-24)30(16-33(48)49)44-37(50)36(22-5-3-6-26(12-22)51-31)46-17-23(10-11-45-18-25(39)19-45)29(15-32(46)47)38(41,42)43/h2-7,12-15,17,21,25,30,36H,8-11,16,18-19H2,1H3,(H,44,50)(H,48,49)/t30-,36-/m1/s1.